The number of hydrogen-bond donors (Lipinski definition) is 1. The van der Waals surface area contributed by atoms with Crippen molar-refractivity contribution in [2.24, 2.45) is 0 Å². The van der Waals surface area contributed by atoms with Crippen LogP contribution in [0, 0.1) is 5.82 Å². The summed E-state index contributed by atoms with van der Waals surface area (Å²) in [5.74, 6) is -0.435. The second kappa shape index (κ2) is 9.20. The second-order valence-corrected chi connectivity index (χ2v) is 10.2. The highest BCUT2D eigenvalue weighted by molar-refractivity contribution is 5.98. The van der Waals surface area contributed by atoms with E-state index in [9.17, 15) is 14.0 Å². The van der Waals surface area contributed by atoms with Crippen LogP contribution in [0.4, 0.5) is 4.39 Å². The number of amides is 1. The first-order valence-electron chi connectivity index (χ1n) is 12.4. The molecule has 3 aromatic rings. The SMILES string of the molecule is CCOc1cc(C(C)N2CC3(CC3)c3c(CN(C)C)cc(Cn4cc[nH]c4=O)cc3C2=O)ncc1F. The Morgan fingerprint density at radius 2 is 2.03 bits per heavy atom. The van der Waals surface area contributed by atoms with Gasteiger partial charge in [-0.15, -0.1) is 0 Å². The lowest BCUT2D eigenvalue weighted by atomic mass is 9.81. The van der Waals surface area contributed by atoms with E-state index in [0.29, 0.717) is 37.5 Å². The van der Waals surface area contributed by atoms with Crippen LogP contribution < -0.4 is 10.4 Å². The van der Waals surface area contributed by atoms with Gasteiger partial charge in [0.2, 0.25) is 0 Å². The molecule has 1 aliphatic carbocycles. The van der Waals surface area contributed by atoms with Crippen LogP contribution in [0.5, 0.6) is 5.75 Å². The number of carbonyl (C=O) groups is 1. The quantitative estimate of drug-likeness (QED) is 0.520. The maximum absolute atomic E-state index is 14.1. The van der Waals surface area contributed by atoms with Crippen molar-refractivity contribution in [3.8, 4) is 5.75 Å². The molecule has 1 N–H and O–H groups in total. The van der Waals surface area contributed by atoms with Crippen LogP contribution >= 0.6 is 0 Å². The summed E-state index contributed by atoms with van der Waals surface area (Å²) in [5.41, 5.74) is 4.19. The summed E-state index contributed by atoms with van der Waals surface area (Å²) in [6.07, 6.45) is 6.50. The number of carbonyl (C=O) groups excluding carboxylic acids is 1. The molecule has 1 atom stereocenters. The molecule has 1 unspecified atom stereocenters. The molecule has 1 fully saturated rings. The number of H-pyrrole nitrogens is 1. The number of hydrogen-bond acceptors (Lipinski definition) is 5. The minimum Gasteiger partial charge on any atom is -0.491 e. The Kier molecular flexibility index (Phi) is 6.20. The van der Waals surface area contributed by atoms with E-state index in [2.05, 4.69) is 20.9 Å². The van der Waals surface area contributed by atoms with Crippen molar-refractivity contribution >= 4 is 5.91 Å². The molecule has 5 rings (SSSR count). The average Bonchev–Trinajstić information content (AvgIpc) is 3.49. The van der Waals surface area contributed by atoms with E-state index in [1.54, 1.807) is 30.0 Å². The highest BCUT2D eigenvalue weighted by Gasteiger charge is 2.53. The van der Waals surface area contributed by atoms with Gasteiger partial charge in [-0.1, -0.05) is 6.07 Å². The Balaban J connectivity index is 1.56. The van der Waals surface area contributed by atoms with Gasteiger partial charge in [0.15, 0.2) is 11.6 Å². The van der Waals surface area contributed by atoms with E-state index >= 15 is 0 Å². The third kappa shape index (κ3) is 4.32. The first-order chi connectivity index (χ1) is 17.2. The summed E-state index contributed by atoms with van der Waals surface area (Å²) < 4.78 is 21.2. The molecule has 3 heterocycles. The molecule has 0 radical (unpaired) electrons. The summed E-state index contributed by atoms with van der Waals surface area (Å²) in [4.78, 5) is 37.0. The van der Waals surface area contributed by atoms with Crippen molar-refractivity contribution in [3.05, 3.63) is 81.0 Å². The fourth-order valence-electron chi connectivity index (χ4n) is 5.38. The van der Waals surface area contributed by atoms with Gasteiger partial charge in [0.05, 0.1) is 31.1 Å². The highest BCUT2D eigenvalue weighted by atomic mass is 19.1. The van der Waals surface area contributed by atoms with Crippen LogP contribution in [0.25, 0.3) is 0 Å². The molecule has 1 amide bonds. The normalized spacial score (nSPS) is 16.9. The highest BCUT2D eigenvalue weighted by Crippen LogP contribution is 2.55. The van der Waals surface area contributed by atoms with E-state index in [4.69, 9.17) is 4.74 Å². The molecule has 2 aliphatic rings. The van der Waals surface area contributed by atoms with Crippen LogP contribution in [-0.4, -0.2) is 57.5 Å². The molecular weight excluding hydrogens is 461 g/mol. The summed E-state index contributed by atoms with van der Waals surface area (Å²) in [7, 11) is 4.04. The van der Waals surface area contributed by atoms with Crippen LogP contribution in [0.3, 0.4) is 0 Å². The monoisotopic (exact) mass is 493 g/mol. The molecule has 1 spiro atoms. The first kappa shape index (κ1) is 24.2. The molecule has 1 saturated carbocycles. The third-order valence-electron chi connectivity index (χ3n) is 7.23. The zero-order valence-electron chi connectivity index (χ0n) is 21.2. The van der Waals surface area contributed by atoms with Gasteiger partial charge in [-0.3, -0.25) is 14.3 Å². The molecule has 0 bridgehead atoms. The van der Waals surface area contributed by atoms with E-state index in [-0.39, 0.29) is 28.8 Å². The van der Waals surface area contributed by atoms with Gasteiger partial charge in [-0.05, 0) is 63.5 Å². The van der Waals surface area contributed by atoms with Gasteiger partial charge in [-0.2, -0.15) is 0 Å². The Bertz CT molecular complexity index is 1360. The number of pyridine rings is 1. The van der Waals surface area contributed by atoms with E-state index in [0.717, 1.165) is 35.7 Å². The number of fused-ring (bicyclic) bond motifs is 2. The van der Waals surface area contributed by atoms with E-state index in [1.165, 1.54) is 0 Å². The number of halogens is 1. The summed E-state index contributed by atoms with van der Waals surface area (Å²) in [5, 5.41) is 0. The first-order valence-corrected chi connectivity index (χ1v) is 12.4. The number of benzene rings is 1. The zero-order valence-corrected chi connectivity index (χ0v) is 21.2. The van der Waals surface area contributed by atoms with Gasteiger partial charge < -0.3 is 19.5 Å². The maximum Gasteiger partial charge on any atom is 0.325 e. The summed E-state index contributed by atoms with van der Waals surface area (Å²) in [6, 6.07) is 5.33. The lowest BCUT2D eigenvalue weighted by molar-refractivity contribution is 0.0633. The molecule has 8 nitrogen and oxygen atoms in total. The average molecular weight is 494 g/mol. The van der Waals surface area contributed by atoms with Crippen LogP contribution in [0.15, 0.2) is 41.6 Å². The van der Waals surface area contributed by atoms with Crippen molar-refractivity contribution in [2.45, 2.75) is 51.2 Å². The van der Waals surface area contributed by atoms with Crippen molar-refractivity contribution in [1.82, 2.24) is 24.3 Å². The Hall–Kier alpha value is -3.46. The minimum absolute atomic E-state index is 0.0672. The minimum atomic E-state index is -0.514. The fraction of sp³-hybridized carbons (Fsp3) is 0.444. The number of aromatic amines is 1. The van der Waals surface area contributed by atoms with Crippen molar-refractivity contribution in [3.63, 3.8) is 0 Å². The molecule has 0 saturated heterocycles. The van der Waals surface area contributed by atoms with Crippen molar-refractivity contribution in [1.29, 1.82) is 0 Å². The molecule has 9 heteroatoms. The topological polar surface area (TPSA) is 83.5 Å². The number of ether oxygens (including phenoxy) is 1. The Morgan fingerprint density at radius 1 is 1.25 bits per heavy atom. The van der Waals surface area contributed by atoms with Gasteiger partial charge in [0, 0.05) is 42.5 Å². The van der Waals surface area contributed by atoms with Crippen LogP contribution in [-0.2, 0) is 18.5 Å². The number of imidazole rings is 1. The molecule has 36 heavy (non-hydrogen) atoms. The number of rotatable bonds is 8. The van der Waals surface area contributed by atoms with Gasteiger partial charge in [0.25, 0.3) is 5.91 Å². The largest absolute Gasteiger partial charge is 0.491 e. The molecule has 1 aliphatic heterocycles. The molecule has 190 valence electrons. The Morgan fingerprint density at radius 3 is 2.67 bits per heavy atom. The third-order valence-corrected chi connectivity index (χ3v) is 7.23. The number of nitrogens with zero attached hydrogens (tertiary/aromatic N) is 4. The van der Waals surface area contributed by atoms with Crippen molar-refractivity contribution < 1.29 is 13.9 Å². The van der Waals surface area contributed by atoms with Crippen LogP contribution in [0.2, 0.25) is 0 Å². The van der Waals surface area contributed by atoms with Crippen molar-refractivity contribution in [2.75, 3.05) is 27.2 Å². The maximum atomic E-state index is 14.1. The molecule has 1 aromatic carbocycles. The smallest absolute Gasteiger partial charge is 0.325 e. The lowest BCUT2D eigenvalue weighted by Crippen LogP contribution is -2.45. The second-order valence-electron chi connectivity index (χ2n) is 10.2. The van der Waals surface area contributed by atoms with Gasteiger partial charge in [-0.25, -0.2) is 9.18 Å². The van der Waals surface area contributed by atoms with E-state index in [1.807, 2.05) is 32.0 Å². The van der Waals surface area contributed by atoms with Crippen LogP contribution in [0.1, 0.15) is 65.5 Å². The Labute approximate surface area is 209 Å². The molecule has 2 aromatic heterocycles. The number of aromatic nitrogens is 3. The summed E-state index contributed by atoms with van der Waals surface area (Å²) in [6.45, 7) is 5.76. The van der Waals surface area contributed by atoms with E-state index < -0.39 is 5.82 Å². The van der Waals surface area contributed by atoms with Gasteiger partial charge in [0.1, 0.15) is 0 Å². The lowest BCUT2D eigenvalue weighted by Gasteiger charge is -2.40. The summed E-state index contributed by atoms with van der Waals surface area (Å²) >= 11 is 0. The fourth-order valence-corrected chi connectivity index (χ4v) is 5.38. The number of nitrogens with one attached hydrogen (secondary N) is 1. The zero-order chi connectivity index (χ0) is 25.6. The predicted molar refractivity (Wildman–Crippen MR) is 134 cm³/mol. The van der Waals surface area contributed by atoms with Gasteiger partial charge >= 0.3 is 5.69 Å². The standard InChI is InChI=1S/C27H32FN5O3/c1-5-36-23-12-22(30-13-21(23)28)17(2)33-16-27(6-7-27)24-19(15-31(3)4)10-18(11-20(24)25(33)34)14-32-9-8-29-26(32)35/h8-13,17H,5-7,14-16H2,1-4H3,(H,29,35). The molecular formula is C27H32FN5O3. The predicted octanol–water partition coefficient (Wildman–Crippen LogP) is 3.47.